The number of likely N-dealkylation sites (tertiary alicyclic amines) is 1. The number of nitrogens with zero attached hydrogens (tertiary/aromatic N) is 2. The molecule has 1 atom stereocenters. The molecule has 2 heterocycles. The lowest BCUT2D eigenvalue weighted by Gasteiger charge is -2.30. The summed E-state index contributed by atoms with van der Waals surface area (Å²) in [6.45, 7) is 1.23. The molecule has 0 radical (unpaired) electrons. The molecule has 0 saturated carbocycles. The number of piperidine rings is 1. The minimum atomic E-state index is -0.823. The summed E-state index contributed by atoms with van der Waals surface area (Å²) in [5.41, 5.74) is 1.00. The number of hydrogen-bond acceptors (Lipinski definition) is 2. The molecule has 1 saturated heterocycles. The molecule has 0 spiro atoms. The molecular formula is C11H14N2O2. The number of hydrogen-bond donors (Lipinski definition) is 1. The average molecular weight is 206 g/mol. The van der Waals surface area contributed by atoms with Gasteiger partial charge in [0, 0.05) is 30.9 Å². The van der Waals surface area contributed by atoms with Gasteiger partial charge in [0.05, 0.1) is 0 Å². The van der Waals surface area contributed by atoms with E-state index in [1.807, 2.05) is 18.2 Å². The van der Waals surface area contributed by atoms with Crippen molar-refractivity contribution in [3.63, 3.8) is 0 Å². The fourth-order valence-electron chi connectivity index (χ4n) is 2.01. The number of pyridine rings is 1. The van der Waals surface area contributed by atoms with Gasteiger partial charge in [-0.15, -0.1) is 0 Å². The first kappa shape index (κ1) is 9.96. The maximum absolute atomic E-state index is 10.8. The van der Waals surface area contributed by atoms with Crippen molar-refractivity contribution >= 4 is 6.09 Å². The molecule has 1 fully saturated rings. The SMILES string of the molecule is O=C(O)N1CCCC(c2ccccn2)C1. The van der Waals surface area contributed by atoms with Gasteiger partial charge in [-0.3, -0.25) is 4.98 Å². The van der Waals surface area contributed by atoms with E-state index in [-0.39, 0.29) is 5.92 Å². The van der Waals surface area contributed by atoms with Crippen LogP contribution in [0, 0.1) is 0 Å². The Hall–Kier alpha value is -1.58. The van der Waals surface area contributed by atoms with E-state index in [2.05, 4.69) is 4.98 Å². The fourth-order valence-corrected chi connectivity index (χ4v) is 2.01. The zero-order valence-corrected chi connectivity index (χ0v) is 8.47. The number of rotatable bonds is 1. The minimum Gasteiger partial charge on any atom is -0.465 e. The molecule has 4 heteroatoms. The van der Waals surface area contributed by atoms with Gasteiger partial charge in [-0.2, -0.15) is 0 Å². The van der Waals surface area contributed by atoms with Crippen LogP contribution in [0.2, 0.25) is 0 Å². The van der Waals surface area contributed by atoms with Crippen LogP contribution in [-0.2, 0) is 0 Å². The number of carbonyl (C=O) groups is 1. The lowest BCUT2D eigenvalue weighted by atomic mass is 9.94. The van der Waals surface area contributed by atoms with Gasteiger partial charge in [0.1, 0.15) is 0 Å². The van der Waals surface area contributed by atoms with Gasteiger partial charge >= 0.3 is 6.09 Å². The Kier molecular flexibility index (Phi) is 2.85. The van der Waals surface area contributed by atoms with Gasteiger partial charge in [0.2, 0.25) is 0 Å². The Bertz CT molecular complexity index is 340. The van der Waals surface area contributed by atoms with Crippen molar-refractivity contribution in [2.45, 2.75) is 18.8 Å². The van der Waals surface area contributed by atoms with E-state index in [1.165, 1.54) is 4.90 Å². The molecule has 1 amide bonds. The highest BCUT2D eigenvalue weighted by Gasteiger charge is 2.24. The second-order valence-electron chi connectivity index (χ2n) is 3.82. The molecule has 1 aromatic heterocycles. The third kappa shape index (κ3) is 2.26. The number of aromatic nitrogens is 1. The maximum atomic E-state index is 10.8. The normalized spacial score (nSPS) is 21.3. The van der Waals surface area contributed by atoms with E-state index in [0.29, 0.717) is 13.1 Å². The lowest BCUT2D eigenvalue weighted by molar-refractivity contribution is 0.130. The summed E-state index contributed by atoms with van der Waals surface area (Å²) >= 11 is 0. The van der Waals surface area contributed by atoms with Crippen molar-refractivity contribution in [3.05, 3.63) is 30.1 Å². The molecule has 1 unspecified atom stereocenters. The summed E-state index contributed by atoms with van der Waals surface area (Å²) < 4.78 is 0. The molecule has 2 rings (SSSR count). The van der Waals surface area contributed by atoms with Crippen molar-refractivity contribution in [1.82, 2.24) is 9.88 Å². The molecule has 15 heavy (non-hydrogen) atoms. The van der Waals surface area contributed by atoms with Crippen molar-refractivity contribution in [2.24, 2.45) is 0 Å². The summed E-state index contributed by atoms with van der Waals surface area (Å²) in [5.74, 6) is 0.260. The number of carboxylic acid groups (broad SMARTS) is 1. The molecule has 1 N–H and O–H groups in total. The van der Waals surface area contributed by atoms with Gasteiger partial charge in [-0.1, -0.05) is 6.07 Å². The maximum Gasteiger partial charge on any atom is 0.407 e. The zero-order valence-electron chi connectivity index (χ0n) is 8.47. The van der Waals surface area contributed by atoms with Gasteiger partial charge in [0.15, 0.2) is 0 Å². The Labute approximate surface area is 88.6 Å². The Balaban J connectivity index is 2.08. The third-order valence-electron chi connectivity index (χ3n) is 2.80. The lowest BCUT2D eigenvalue weighted by Crippen LogP contribution is -2.38. The molecule has 4 nitrogen and oxygen atoms in total. The monoisotopic (exact) mass is 206 g/mol. The van der Waals surface area contributed by atoms with E-state index < -0.39 is 6.09 Å². The van der Waals surface area contributed by atoms with Crippen molar-refractivity contribution in [1.29, 1.82) is 0 Å². The van der Waals surface area contributed by atoms with Crippen LogP contribution in [0.1, 0.15) is 24.5 Å². The zero-order chi connectivity index (χ0) is 10.7. The molecule has 0 aromatic carbocycles. The standard InChI is InChI=1S/C11H14N2O2/c14-11(15)13-7-3-4-9(8-13)10-5-1-2-6-12-10/h1-2,5-6,9H,3-4,7-8H2,(H,14,15). The molecule has 1 aliphatic rings. The largest absolute Gasteiger partial charge is 0.465 e. The van der Waals surface area contributed by atoms with Crippen LogP contribution in [0.15, 0.2) is 24.4 Å². The van der Waals surface area contributed by atoms with Crippen LogP contribution < -0.4 is 0 Å². The molecule has 1 aromatic rings. The predicted octanol–water partition coefficient (Wildman–Crippen LogP) is 1.94. The first-order valence-corrected chi connectivity index (χ1v) is 5.16. The van der Waals surface area contributed by atoms with Crippen LogP contribution in [-0.4, -0.2) is 34.2 Å². The Morgan fingerprint density at radius 3 is 3.07 bits per heavy atom. The van der Waals surface area contributed by atoms with Crippen molar-refractivity contribution < 1.29 is 9.90 Å². The highest BCUT2D eigenvalue weighted by atomic mass is 16.4. The van der Waals surface area contributed by atoms with E-state index >= 15 is 0 Å². The Morgan fingerprint density at radius 1 is 1.53 bits per heavy atom. The summed E-state index contributed by atoms with van der Waals surface area (Å²) in [6.07, 6.45) is 2.89. The van der Waals surface area contributed by atoms with E-state index in [4.69, 9.17) is 5.11 Å². The van der Waals surface area contributed by atoms with Gasteiger partial charge < -0.3 is 10.0 Å². The van der Waals surface area contributed by atoms with Crippen LogP contribution in [0.4, 0.5) is 4.79 Å². The van der Waals surface area contributed by atoms with E-state index in [0.717, 1.165) is 18.5 Å². The Morgan fingerprint density at radius 2 is 2.40 bits per heavy atom. The van der Waals surface area contributed by atoms with Gasteiger partial charge in [-0.05, 0) is 25.0 Å². The van der Waals surface area contributed by atoms with Crippen LogP contribution >= 0.6 is 0 Å². The first-order valence-electron chi connectivity index (χ1n) is 5.16. The highest BCUT2D eigenvalue weighted by molar-refractivity contribution is 5.65. The van der Waals surface area contributed by atoms with Crippen LogP contribution in [0.5, 0.6) is 0 Å². The quantitative estimate of drug-likeness (QED) is 0.764. The fraction of sp³-hybridized carbons (Fsp3) is 0.455. The summed E-state index contributed by atoms with van der Waals surface area (Å²) in [4.78, 5) is 16.6. The molecular weight excluding hydrogens is 192 g/mol. The smallest absolute Gasteiger partial charge is 0.407 e. The topological polar surface area (TPSA) is 53.4 Å². The number of amides is 1. The molecule has 0 bridgehead atoms. The van der Waals surface area contributed by atoms with Crippen LogP contribution in [0.25, 0.3) is 0 Å². The summed E-state index contributed by atoms with van der Waals surface area (Å²) in [6, 6.07) is 5.79. The molecule has 80 valence electrons. The summed E-state index contributed by atoms with van der Waals surface area (Å²) in [7, 11) is 0. The van der Waals surface area contributed by atoms with Crippen LogP contribution in [0.3, 0.4) is 0 Å². The first-order chi connectivity index (χ1) is 7.27. The molecule has 1 aliphatic heterocycles. The highest BCUT2D eigenvalue weighted by Crippen LogP contribution is 2.24. The van der Waals surface area contributed by atoms with E-state index in [9.17, 15) is 4.79 Å². The van der Waals surface area contributed by atoms with Gasteiger partial charge in [0.25, 0.3) is 0 Å². The molecule has 0 aliphatic carbocycles. The second-order valence-corrected chi connectivity index (χ2v) is 3.82. The third-order valence-corrected chi connectivity index (χ3v) is 2.80. The average Bonchev–Trinajstić information content (AvgIpc) is 2.30. The van der Waals surface area contributed by atoms with E-state index in [1.54, 1.807) is 6.20 Å². The van der Waals surface area contributed by atoms with Gasteiger partial charge in [-0.25, -0.2) is 4.79 Å². The minimum absolute atomic E-state index is 0.260. The predicted molar refractivity (Wildman–Crippen MR) is 55.8 cm³/mol. The van der Waals surface area contributed by atoms with Crippen molar-refractivity contribution in [2.75, 3.05) is 13.1 Å². The summed E-state index contributed by atoms with van der Waals surface area (Å²) in [5, 5.41) is 8.91. The van der Waals surface area contributed by atoms with Crippen molar-refractivity contribution in [3.8, 4) is 0 Å². The second kappa shape index (κ2) is 4.29.